The van der Waals surface area contributed by atoms with Crippen LogP contribution in [0.4, 0.5) is 4.39 Å². The van der Waals surface area contributed by atoms with E-state index in [1.54, 1.807) is 11.1 Å². The first-order chi connectivity index (χ1) is 17.0. The second kappa shape index (κ2) is 9.54. The Morgan fingerprint density at radius 3 is 2.74 bits per heavy atom. The van der Waals surface area contributed by atoms with Crippen LogP contribution in [0.1, 0.15) is 28.3 Å². The summed E-state index contributed by atoms with van der Waals surface area (Å²) in [5.41, 5.74) is 4.00. The lowest BCUT2D eigenvalue weighted by molar-refractivity contribution is -0.139. The van der Waals surface area contributed by atoms with E-state index in [2.05, 4.69) is 4.98 Å². The molecule has 0 aliphatic carbocycles. The number of benzene rings is 3. The Bertz CT molecular complexity index is 1420. The van der Waals surface area contributed by atoms with Crippen molar-refractivity contribution in [2.45, 2.75) is 18.9 Å². The maximum absolute atomic E-state index is 14.4. The fourth-order valence-electron chi connectivity index (χ4n) is 4.67. The van der Waals surface area contributed by atoms with Crippen molar-refractivity contribution in [1.29, 1.82) is 0 Å². The molecule has 176 valence electrons. The highest BCUT2D eigenvalue weighted by Gasteiger charge is 2.34. The van der Waals surface area contributed by atoms with Gasteiger partial charge in [-0.2, -0.15) is 0 Å². The molecule has 0 bridgehead atoms. The Labute approximate surface area is 201 Å². The van der Waals surface area contributed by atoms with E-state index in [0.717, 1.165) is 27.6 Å². The van der Waals surface area contributed by atoms with Gasteiger partial charge < -0.3 is 14.7 Å². The molecule has 1 unspecified atom stereocenters. The number of nitrogens with zero attached hydrogens (tertiary/aromatic N) is 2. The molecule has 0 saturated heterocycles. The van der Waals surface area contributed by atoms with E-state index in [0.29, 0.717) is 18.5 Å². The molecule has 6 nitrogen and oxygen atoms in total. The number of hydrogen-bond donors (Lipinski definition) is 1. The molecule has 0 spiro atoms. The van der Waals surface area contributed by atoms with Gasteiger partial charge in [-0.1, -0.05) is 42.5 Å². The van der Waals surface area contributed by atoms with Gasteiger partial charge in [0.2, 0.25) is 5.91 Å². The van der Waals surface area contributed by atoms with Crippen LogP contribution in [0.5, 0.6) is 5.75 Å². The topological polar surface area (TPSA) is 79.7 Å². The largest absolute Gasteiger partial charge is 0.482 e. The normalized spacial score (nSPS) is 15.0. The number of carboxylic acid groups (broad SMARTS) is 1. The van der Waals surface area contributed by atoms with Gasteiger partial charge in [0.05, 0.1) is 18.0 Å². The van der Waals surface area contributed by atoms with Gasteiger partial charge in [-0.3, -0.25) is 9.78 Å². The summed E-state index contributed by atoms with van der Waals surface area (Å²) >= 11 is 0. The maximum atomic E-state index is 14.4. The number of carboxylic acids is 1. The summed E-state index contributed by atoms with van der Waals surface area (Å²) in [6, 6.07) is 20.7. The van der Waals surface area contributed by atoms with Gasteiger partial charge in [0.15, 0.2) is 6.61 Å². The lowest BCUT2D eigenvalue weighted by atomic mass is 9.87. The molecule has 35 heavy (non-hydrogen) atoms. The van der Waals surface area contributed by atoms with Crippen molar-refractivity contribution in [2.75, 3.05) is 13.2 Å². The van der Waals surface area contributed by atoms with Crippen LogP contribution >= 0.6 is 0 Å². The first-order valence-corrected chi connectivity index (χ1v) is 11.3. The van der Waals surface area contributed by atoms with E-state index in [9.17, 15) is 14.0 Å². The SMILES string of the molecule is O=C(O)COc1ccc(F)cc1C1c2ccccc2CCN1C(=O)Cc1ccc2cccnc2c1. The minimum Gasteiger partial charge on any atom is -0.482 e. The van der Waals surface area contributed by atoms with Gasteiger partial charge in [-0.05, 0) is 53.4 Å². The number of halogens is 1. The van der Waals surface area contributed by atoms with E-state index >= 15 is 0 Å². The smallest absolute Gasteiger partial charge is 0.341 e. The molecule has 7 heteroatoms. The molecule has 2 heterocycles. The predicted molar refractivity (Wildman–Crippen MR) is 129 cm³/mol. The zero-order valence-electron chi connectivity index (χ0n) is 18.9. The van der Waals surface area contributed by atoms with Gasteiger partial charge in [0, 0.05) is 23.7 Å². The van der Waals surface area contributed by atoms with Crippen LogP contribution in [0.3, 0.4) is 0 Å². The summed E-state index contributed by atoms with van der Waals surface area (Å²) in [7, 11) is 0. The van der Waals surface area contributed by atoms with Crippen LogP contribution in [-0.4, -0.2) is 40.0 Å². The lowest BCUT2D eigenvalue weighted by Crippen LogP contribution is -2.41. The summed E-state index contributed by atoms with van der Waals surface area (Å²) in [6.45, 7) is -0.119. The predicted octanol–water partition coefficient (Wildman–Crippen LogP) is 4.55. The third-order valence-corrected chi connectivity index (χ3v) is 6.25. The second-order valence-corrected chi connectivity index (χ2v) is 8.51. The summed E-state index contributed by atoms with van der Waals surface area (Å²) in [5, 5.41) is 10.1. The van der Waals surface area contributed by atoms with E-state index in [-0.39, 0.29) is 18.1 Å². The van der Waals surface area contributed by atoms with Crippen molar-refractivity contribution < 1.29 is 23.8 Å². The summed E-state index contributed by atoms with van der Waals surface area (Å²) < 4.78 is 19.9. The quantitative estimate of drug-likeness (QED) is 0.447. The Kier molecular flexibility index (Phi) is 6.14. The molecule has 5 rings (SSSR count). The highest BCUT2D eigenvalue weighted by Crippen LogP contribution is 2.40. The maximum Gasteiger partial charge on any atom is 0.341 e. The molecular formula is C28H23FN2O4. The fraction of sp³-hybridized carbons (Fsp3) is 0.179. The van der Waals surface area contributed by atoms with Gasteiger partial charge in [-0.15, -0.1) is 0 Å². The molecule has 1 atom stereocenters. The number of pyridine rings is 1. The lowest BCUT2D eigenvalue weighted by Gasteiger charge is -2.38. The third-order valence-electron chi connectivity index (χ3n) is 6.25. The average Bonchev–Trinajstić information content (AvgIpc) is 2.87. The number of carbonyl (C=O) groups excluding carboxylic acids is 1. The van der Waals surface area contributed by atoms with Crippen molar-refractivity contribution in [3.8, 4) is 5.75 Å². The standard InChI is InChI=1S/C28H23FN2O4/c29-21-9-10-25(35-17-27(33)34)23(16-21)28-22-6-2-1-4-19(22)11-13-31(28)26(32)15-18-7-8-20-5-3-12-30-24(20)14-18/h1-10,12,14,16,28H,11,13,15,17H2,(H,33,34). The Balaban J connectivity index is 1.53. The van der Waals surface area contributed by atoms with Crippen LogP contribution in [0.2, 0.25) is 0 Å². The van der Waals surface area contributed by atoms with Gasteiger partial charge in [-0.25, -0.2) is 9.18 Å². The molecule has 1 aliphatic rings. The Morgan fingerprint density at radius 1 is 1.03 bits per heavy atom. The minimum absolute atomic E-state index is 0.117. The molecule has 1 N–H and O–H groups in total. The van der Waals surface area contributed by atoms with Gasteiger partial charge in [0.25, 0.3) is 0 Å². The van der Waals surface area contributed by atoms with E-state index in [1.807, 2.05) is 54.6 Å². The molecule has 1 amide bonds. The molecule has 1 aliphatic heterocycles. The number of rotatable bonds is 6. The molecule has 1 aromatic heterocycles. The van der Waals surface area contributed by atoms with E-state index in [1.165, 1.54) is 18.2 Å². The fourth-order valence-corrected chi connectivity index (χ4v) is 4.67. The molecule has 0 radical (unpaired) electrons. The van der Waals surface area contributed by atoms with E-state index < -0.39 is 24.4 Å². The van der Waals surface area contributed by atoms with E-state index in [4.69, 9.17) is 9.84 Å². The molecular weight excluding hydrogens is 447 g/mol. The van der Waals surface area contributed by atoms with Crippen LogP contribution in [-0.2, 0) is 22.4 Å². The number of fused-ring (bicyclic) bond motifs is 2. The average molecular weight is 471 g/mol. The molecule has 3 aromatic carbocycles. The zero-order chi connectivity index (χ0) is 24.4. The number of aromatic nitrogens is 1. The van der Waals surface area contributed by atoms with Crippen molar-refractivity contribution >= 4 is 22.8 Å². The van der Waals surface area contributed by atoms with Crippen LogP contribution in [0.15, 0.2) is 79.0 Å². The summed E-state index contributed by atoms with van der Waals surface area (Å²) in [6.07, 6.45) is 2.54. The number of hydrogen-bond acceptors (Lipinski definition) is 4. The first-order valence-electron chi connectivity index (χ1n) is 11.3. The first kappa shape index (κ1) is 22.5. The van der Waals surface area contributed by atoms with Crippen molar-refractivity contribution in [3.05, 3.63) is 107 Å². The second-order valence-electron chi connectivity index (χ2n) is 8.51. The van der Waals surface area contributed by atoms with Crippen LogP contribution in [0.25, 0.3) is 10.9 Å². The van der Waals surface area contributed by atoms with Gasteiger partial charge >= 0.3 is 5.97 Å². The Morgan fingerprint density at radius 2 is 1.89 bits per heavy atom. The molecule has 4 aromatic rings. The van der Waals surface area contributed by atoms with Gasteiger partial charge in [0.1, 0.15) is 11.6 Å². The van der Waals surface area contributed by atoms with Crippen molar-refractivity contribution in [1.82, 2.24) is 9.88 Å². The minimum atomic E-state index is -1.14. The van der Waals surface area contributed by atoms with Crippen LogP contribution in [0, 0.1) is 5.82 Å². The highest BCUT2D eigenvalue weighted by molar-refractivity contribution is 5.84. The number of amides is 1. The van der Waals surface area contributed by atoms with Crippen molar-refractivity contribution in [3.63, 3.8) is 0 Å². The monoisotopic (exact) mass is 470 g/mol. The molecule has 0 saturated carbocycles. The number of aliphatic carboxylic acids is 1. The zero-order valence-corrected chi connectivity index (χ0v) is 18.9. The van der Waals surface area contributed by atoms with Crippen molar-refractivity contribution in [2.24, 2.45) is 0 Å². The number of carbonyl (C=O) groups is 2. The Hall–Kier alpha value is -4.26. The third kappa shape index (κ3) is 4.71. The van der Waals surface area contributed by atoms with Crippen LogP contribution < -0.4 is 4.74 Å². The summed E-state index contributed by atoms with van der Waals surface area (Å²) in [5.74, 6) is -1.50. The highest BCUT2D eigenvalue weighted by atomic mass is 19.1. The molecule has 0 fully saturated rings. The number of ether oxygens (including phenoxy) is 1. The summed E-state index contributed by atoms with van der Waals surface area (Å²) in [4.78, 5) is 30.9.